The Bertz CT molecular complexity index is 810. The molecule has 7 nitrogen and oxygen atoms in total. The van der Waals surface area contributed by atoms with Gasteiger partial charge in [-0.2, -0.15) is 5.10 Å². The summed E-state index contributed by atoms with van der Waals surface area (Å²) in [6, 6.07) is 4.44. The van der Waals surface area contributed by atoms with Crippen LogP contribution < -0.4 is 5.32 Å². The summed E-state index contributed by atoms with van der Waals surface area (Å²) >= 11 is 0. The lowest BCUT2D eigenvalue weighted by molar-refractivity contribution is 0.212. The van der Waals surface area contributed by atoms with Crippen molar-refractivity contribution >= 4 is 29.9 Å². The van der Waals surface area contributed by atoms with E-state index in [0.717, 1.165) is 56.6 Å². The lowest BCUT2D eigenvalue weighted by Crippen LogP contribution is -2.44. The summed E-state index contributed by atoms with van der Waals surface area (Å²) in [4.78, 5) is 9.46. The fourth-order valence-corrected chi connectivity index (χ4v) is 4.49. The highest BCUT2D eigenvalue weighted by Crippen LogP contribution is 2.28. The van der Waals surface area contributed by atoms with Gasteiger partial charge in [-0.3, -0.25) is 14.6 Å². The molecule has 0 saturated carbocycles. The Kier molecular flexibility index (Phi) is 7.61. The molecule has 4 heterocycles. The van der Waals surface area contributed by atoms with Gasteiger partial charge in [0.25, 0.3) is 0 Å². The summed E-state index contributed by atoms with van der Waals surface area (Å²) in [7, 11) is 3.85. The molecular formula is C21H33IN6O. The van der Waals surface area contributed by atoms with Crippen molar-refractivity contribution in [2.24, 2.45) is 12.0 Å². The van der Waals surface area contributed by atoms with E-state index in [1.165, 1.54) is 18.4 Å². The number of halogens is 1. The smallest absolute Gasteiger partial charge is 0.193 e. The van der Waals surface area contributed by atoms with E-state index >= 15 is 0 Å². The predicted molar refractivity (Wildman–Crippen MR) is 126 cm³/mol. The zero-order valence-corrected chi connectivity index (χ0v) is 20.0. The fraction of sp³-hybridized carbons (Fsp3) is 0.619. The van der Waals surface area contributed by atoms with E-state index in [1.54, 1.807) is 0 Å². The molecule has 2 atom stereocenters. The highest BCUT2D eigenvalue weighted by atomic mass is 127. The van der Waals surface area contributed by atoms with Gasteiger partial charge in [-0.25, -0.2) is 0 Å². The van der Waals surface area contributed by atoms with Crippen LogP contribution in [0.25, 0.3) is 0 Å². The molecule has 1 N–H and O–H groups in total. The number of nitrogens with zero attached hydrogens (tertiary/aromatic N) is 5. The number of aliphatic imine (C=N–C) groups is 1. The van der Waals surface area contributed by atoms with Crippen molar-refractivity contribution in [3.63, 3.8) is 0 Å². The summed E-state index contributed by atoms with van der Waals surface area (Å²) < 4.78 is 7.87. The van der Waals surface area contributed by atoms with Crippen molar-refractivity contribution in [1.82, 2.24) is 24.9 Å². The minimum atomic E-state index is 0. The first kappa shape index (κ1) is 22.1. The van der Waals surface area contributed by atoms with Gasteiger partial charge in [0.2, 0.25) is 0 Å². The van der Waals surface area contributed by atoms with Crippen LogP contribution in [0.3, 0.4) is 0 Å². The van der Waals surface area contributed by atoms with Gasteiger partial charge in [-0.15, -0.1) is 24.0 Å². The van der Waals surface area contributed by atoms with Crippen LogP contribution in [0.2, 0.25) is 0 Å². The Morgan fingerprint density at radius 3 is 2.72 bits per heavy atom. The fourth-order valence-electron chi connectivity index (χ4n) is 4.49. The standard InChI is InChI=1S/C21H32N6O.HI/c1-16-6-7-20(28-16)19(26-9-4-5-10-26)13-23-21(22-2)27-11-8-17(15-27)18-12-24-25(3)14-18;/h6-7,12,14,17,19H,4-5,8-11,13,15H2,1-3H3,(H,22,23);1H. The molecule has 8 heteroatoms. The van der Waals surface area contributed by atoms with Crippen LogP contribution >= 0.6 is 24.0 Å². The van der Waals surface area contributed by atoms with Crippen LogP contribution in [0.5, 0.6) is 0 Å². The maximum Gasteiger partial charge on any atom is 0.193 e. The molecular weight excluding hydrogens is 479 g/mol. The Morgan fingerprint density at radius 1 is 1.31 bits per heavy atom. The number of likely N-dealkylation sites (tertiary alicyclic amines) is 2. The molecule has 2 aromatic rings. The second kappa shape index (κ2) is 9.97. The average Bonchev–Trinajstić information content (AvgIpc) is 3.46. The third kappa shape index (κ3) is 5.14. The third-order valence-electron chi connectivity index (χ3n) is 6.02. The van der Waals surface area contributed by atoms with Crippen molar-refractivity contribution in [3.05, 3.63) is 41.6 Å². The molecule has 2 aliphatic heterocycles. The number of aryl methyl sites for hydroxylation is 2. The summed E-state index contributed by atoms with van der Waals surface area (Å²) in [5.74, 6) is 3.53. The van der Waals surface area contributed by atoms with Gasteiger partial charge in [0, 0.05) is 45.8 Å². The van der Waals surface area contributed by atoms with Gasteiger partial charge < -0.3 is 14.6 Å². The number of guanidine groups is 1. The van der Waals surface area contributed by atoms with Crippen molar-refractivity contribution < 1.29 is 4.42 Å². The van der Waals surface area contributed by atoms with Crippen molar-refractivity contribution in [2.75, 3.05) is 39.8 Å². The normalized spacial score (nSPS) is 21.4. The largest absolute Gasteiger partial charge is 0.465 e. The number of rotatable bonds is 5. The zero-order valence-electron chi connectivity index (χ0n) is 17.7. The molecule has 160 valence electrons. The lowest BCUT2D eigenvalue weighted by Gasteiger charge is -2.28. The Morgan fingerprint density at radius 2 is 2.10 bits per heavy atom. The van der Waals surface area contributed by atoms with E-state index in [9.17, 15) is 0 Å². The highest BCUT2D eigenvalue weighted by Gasteiger charge is 2.29. The summed E-state index contributed by atoms with van der Waals surface area (Å²) in [5.41, 5.74) is 1.32. The first-order chi connectivity index (χ1) is 13.6. The molecule has 2 aromatic heterocycles. The number of furan rings is 1. The van der Waals surface area contributed by atoms with E-state index in [-0.39, 0.29) is 30.0 Å². The van der Waals surface area contributed by atoms with Gasteiger partial charge in [-0.1, -0.05) is 0 Å². The molecule has 2 fully saturated rings. The second-order valence-electron chi connectivity index (χ2n) is 8.01. The van der Waals surface area contributed by atoms with E-state index in [1.807, 2.05) is 31.9 Å². The number of nitrogens with one attached hydrogen (secondary N) is 1. The molecule has 0 radical (unpaired) electrons. The Balaban J connectivity index is 0.00000240. The number of hydrogen-bond donors (Lipinski definition) is 1. The van der Waals surface area contributed by atoms with Crippen LogP contribution in [-0.2, 0) is 7.05 Å². The van der Waals surface area contributed by atoms with Gasteiger partial charge in [0.05, 0.1) is 12.2 Å². The number of hydrogen-bond acceptors (Lipinski definition) is 4. The number of aromatic nitrogens is 2. The molecule has 2 unspecified atom stereocenters. The zero-order chi connectivity index (χ0) is 19.5. The van der Waals surface area contributed by atoms with Crippen LogP contribution in [0.15, 0.2) is 33.9 Å². The molecule has 0 spiro atoms. The molecule has 2 saturated heterocycles. The maximum atomic E-state index is 5.98. The lowest BCUT2D eigenvalue weighted by atomic mass is 10.0. The van der Waals surface area contributed by atoms with Crippen molar-refractivity contribution in [2.45, 2.75) is 38.1 Å². The van der Waals surface area contributed by atoms with Crippen LogP contribution in [0, 0.1) is 6.92 Å². The minimum absolute atomic E-state index is 0. The van der Waals surface area contributed by atoms with Crippen LogP contribution in [0.1, 0.15) is 48.3 Å². The molecule has 0 bridgehead atoms. The maximum absolute atomic E-state index is 5.98. The summed E-state index contributed by atoms with van der Waals surface area (Å²) in [6.45, 7) is 7.11. The Labute approximate surface area is 190 Å². The second-order valence-corrected chi connectivity index (χ2v) is 8.01. The van der Waals surface area contributed by atoms with Crippen molar-refractivity contribution in [3.8, 4) is 0 Å². The minimum Gasteiger partial charge on any atom is -0.465 e. The highest BCUT2D eigenvalue weighted by molar-refractivity contribution is 14.0. The Hall–Kier alpha value is -1.55. The van der Waals surface area contributed by atoms with Gasteiger partial charge in [0.1, 0.15) is 11.5 Å². The molecule has 2 aliphatic rings. The SMILES string of the molecule is CN=C(NCC(c1ccc(C)o1)N1CCCC1)N1CCC(c2cnn(C)c2)C1.I. The monoisotopic (exact) mass is 512 g/mol. The molecule has 4 rings (SSSR count). The van der Waals surface area contributed by atoms with Gasteiger partial charge in [0.15, 0.2) is 5.96 Å². The van der Waals surface area contributed by atoms with E-state index in [4.69, 9.17) is 4.42 Å². The average molecular weight is 512 g/mol. The molecule has 0 aliphatic carbocycles. The van der Waals surface area contributed by atoms with E-state index in [0.29, 0.717) is 5.92 Å². The molecule has 0 aromatic carbocycles. The molecule has 29 heavy (non-hydrogen) atoms. The predicted octanol–water partition coefficient (Wildman–Crippen LogP) is 3.14. The van der Waals surface area contributed by atoms with E-state index in [2.05, 4.69) is 43.5 Å². The van der Waals surface area contributed by atoms with E-state index < -0.39 is 0 Å². The van der Waals surface area contributed by atoms with Gasteiger partial charge >= 0.3 is 0 Å². The first-order valence-electron chi connectivity index (χ1n) is 10.4. The quantitative estimate of drug-likeness (QED) is 0.379. The van der Waals surface area contributed by atoms with Crippen molar-refractivity contribution in [1.29, 1.82) is 0 Å². The van der Waals surface area contributed by atoms with Crippen LogP contribution in [-0.4, -0.2) is 65.3 Å². The first-order valence-corrected chi connectivity index (χ1v) is 10.4. The molecule has 0 amide bonds. The van der Waals surface area contributed by atoms with Crippen LogP contribution in [0.4, 0.5) is 0 Å². The third-order valence-corrected chi connectivity index (χ3v) is 6.02. The topological polar surface area (TPSA) is 61.8 Å². The summed E-state index contributed by atoms with van der Waals surface area (Å²) in [5, 5.41) is 7.95. The summed E-state index contributed by atoms with van der Waals surface area (Å²) in [6.07, 6.45) is 7.80. The van der Waals surface area contributed by atoms with Gasteiger partial charge in [-0.05, 0) is 57.0 Å².